The molecular formula is C14H12O4. The van der Waals surface area contributed by atoms with Gasteiger partial charge in [-0.3, -0.25) is 0 Å². The molecule has 0 fully saturated rings. The van der Waals surface area contributed by atoms with Gasteiger partial charge in [-0.1, -0.05) is 0 Å². The van der Waals surface area contributed by atoms with E-state index in [1.54, 1.807) is 6.07 Å². The van der Waals surface area contributed by atoms with Crippen molar-refractivity contribution in [3.63, 3.8) is 0 Å². The summed E-state index contributed by atoms with van der Waals surface area (Å²) in [7, 11) is 0. The molecule has 0 spiro atoms. The molecule has 4 heteroatoms. The topological polar surface area (TPSA) is 59.7 Å². The predicted molar refractivity (Wildman–Crippen MR) is 67.9 cm³/mol. The number of ether oxygens (including phenoxy) is 1. The minimum absolute atomic E-state index is 0.0452. The fraction of sp³-hybridized carbons (Fsp3) is 0.214. The first-order valence-electron chi connectivity index (χ1n) is 5.64. The van der Waals surface area contributed by atoms with Crippen LogP contribution in [0.3, 0.4) is 0 Å². The number of hydrogen-bond donors (Lipinski definition) is 1. The van der Waals surface area contributed by atoms with Gasteiger partial charge in [0.2, 0.25) is 0 Å². The van der Waals surface area contributed by atoms with Crippen molar-refractivity contribution in [2.75, 3.05) is 0 Å². The molecule has 0 atom stereocenters. The molecule has 2 aromatic rings. The lowest BCUT2D eigenvalue weighted by Gasteiger charge is -2.28. The molecule has 0 saturated carbocycles. The highest BCUT2D eigenvalue weighted by atomic mass is 16.5. The Morgan fingerprint density at radius 3 is 2.83 bits per heavy atom. The van der Waals surface area contributed by atoms with E-state index in [4.69, 9.17) is 9.15 Å². The molecule has 1 N–H and O–H groups in total. The second kappa shape index (κ2) is 3.38. The Balaban J connectivity index is 2.40. The van der Waals surface area contributed by atoms with Crippen LogP contribution in [0.25, 0.3) is 17.0 Å². The van der Waals surface area contributed by atoms with Gasteiger partial charge >= 0.3 is 5.63 Å². The highest BCUT2D eigenvalue weighted by Gasteiger charge is 2.26. The van der Waals surface area contributed by atoms with Crippen LogP contribution in [-0.4, -0.2) is 10.7 Å². The van der Waals surface area contributed by atoms with Crippen LogP contribution in [0.2, 0.25) is 0 Å². The van der Waals surface area contributed by atoms with Gasteiger partial charge < -0.3 is 14.3 Å². The van der Waals surface area contributed by atoms with Gasteiger partial charge in [-0.25, -0.2) is 4.79 Å². The molecule has 1 aromatic heterocycles. The van der Waals surface area contributed by atoms with E-state index in [9.17, 15) is 9.90 Å². The van der Waals surface area contributed by atoms with E-state index < -0.39 is 11.2 Å². The molecule has 0 radical (unpaired) electrons. The molecule has 18 heavy (non-hydrogen) atoms. The molecule has 1 aromatic carbocycles. The molecule has 0 bridgehead atoms. The maximum atomic E-state index is 11.3. The van der Waals surface area contributed by atoms with Crippen LogP contribution in [0.4, 0.5) is 0 Å². The second-order valence-corrected chi connectivity index (χ2v) is 4.85. The maximum Gasteiger partial charge on any atom is 0.336 e. The van der Waals surface area contributed by atoms with E-state index in [0.29, 0.717) is 22.3 Å². The summed E-state index contributed by atoms with van der Waals surface area (Å²) in [5.41, 5.74) is 0.116. The third-order valence-corrected chi connectivity index (χ3v) is 2.89. The van der Waals surface area contributed by atoms with Gasteiger partial charge in [0.1, 0.15) is 11.2 Å². The zero-order chi connectivity index (χ0) is 12.9. The lowest BCUT2D eigenvalue weighted by atomic mass is 10.00. The number of aromatic hydroxyl groups is 1. The van der Waals surface area contributed by atoms with Crippen molar-refractivity contribution >= 4 is 17.0 Å². The summed E-state index contributed by atoms with van der Waals surface area (Å²) in [4.78, 5) is 11.3. The van der Waals surface area contributed by atoms with E-state index in [2.05, 4.69) is 0 Å². The molecule has 0 unspecified atom stereocenters. The summed E-state index contributed by atoms with van der Waals surface area (Å²) < 4.78 is 10.9. The first-order chi connectivity index (χ1) is 8.46. The van der Waals surface area contributed by atoms with Gasteiger partial charge in [0.25, 0.3) is 0 Å². The van der Waals surface area contributed by atoms with Crippen molar-refractivity contribution in [3.8, 4) is 11.5 Å². The summed E-state index contributed by atoms with van der Waals surface area (Å²) in [6.07, 6.45) is 3.67. The van der Waals surface area contributed by atoms with E-state index in [1.807, 2.05) is 26.0 Å². The van der Waals surface area contributed by atoms with E-state index in [0.717, 1.165) is 0 Å². The number of rotatable bonds is 0. The van der Waals surface area contributed by atoms with Gasteiger partial charge in [0, 0.05) is 11.5 Å². The van der Waals surface area contributed by atoms with Crippen LogP contribution in [0, 0.1) is 0 Å². The van der Waals surface area contributed by atoms with E-state index in [1.165, 1.54) is 12.1 Å². The SMILES string of the molecule is CC1(C)C=Cc2c(c(O)cc3ccc(=O)oc23)O1. The van der Waals surface area contributed by atoms with Gasteiger partial charge in [0.05, 0.1) is 5.56 Å². The van der Waals surface area contributed by atoms with Crippen LogP contribution in [0.15, 0.2) is 33.5 Å². The summed E-state index contributed by atoms with van der Waals surface area (Å²) >= 11 is 0. The smallest absolute Gasteiger partial charge is 0.336 e. The maximum absolute atomic E-state index is 11.3. The molecule has 1 aliphatic rings. The third-order valence-electron chi connectivity index (χ3n) is 2.89. The Bertz CT molecular complexity index is 722. The highest BCUT2D eigenvalue weighted by Crippen LogP contribution is 2.42. The fourth-order valence-corrected chi connectivity index (χ4v) is 2.04. The van der Waals surface area contributed by atoms with Gasteiger partial charge in [-0.2, -0.15) is 0 Å². The van der Waals surface area contributed by atoms with Crippen molar-refractivity contribution in [2.24, 2.45) is 0 Å². The van der Waals surface area contributed by atoms with Crippen molar-refractivity contribution in [1.29, 1.82) is 0 Å². The normalized spacial score (nSPS) is 16.3. The molecule has 4 nitrogen and oxygen atoms in total. The first-order valence-corrected chi connectivity index (χ1v) is 5.64. The van der Waals surface area contributed by atoms with Crippen molar-refractivity contribution in [1.82, 2.24) is 0 Å². The summed E-state index contributed by atoms with van der Waals surface area (Å²) in [6.45, 7) is 3.77. The van der Waals surface area contributed by atoms with Crippen molar-refractivity contribution < 1.29 is 14.3 Å². The van der Waals surface area contributed by atoms with Crippen molar-refractivity contribution in [2.45, 2.75) is 19.4 Å². The number of benzene rings is 1. The highest BCUT2D eigenvalue weighted by molar-refractivity contribution is 5.91. The van der Waals surface area contributed by atoms with Gasteiger partial charge in [-0.15, -0.1) is 0 Å². The Hall–Kier alpha value is -2.23. The molecule has 0 amide bonds. The lowest BCUT2D eigenvalue weighted by molar-refractivity contribution is 0.153. The van der Waals surface area contributed by atoms with E-state index in [-0.39, 0.29) is 5.75 Å². The van der Waals surface area contributed by atoms with Crippen LogP contribution < -0.4 is 10.4 Å². The summed E-state index contributed by atoms with van der Waals surface area (Å²) in [6, 6.07) is 4.48. The predicted octanol–water partition coefficient (Wildman–Crippen LogP) is 2.68. The number of hydrogen-bond acceptors (Lipinski definition) is 4. The van der Waals surface area contributed by atoms with Gasteiger partial charge in [-0.05, 0) is 38.1 Å². The molecule has 0 aliphatic carbocycles. The molecule has 1 aliphatic heterocycles. The fourth-order valence-electron chi connectivity index (χ4n) is 2.04. The Morgan fingerprint density at radius 1 is 1.28 bits per heavy atom. The monoisotopic (exact) mass is 244 g/mol. The summed E-state index contributed by atoms with van der Waals surface area (Å²) in [5.74, 6) is 0.396. The van der Waals surface area contributed by atoms with Crippen LogP contribution in [-0.2, 0) is 0 Å². The Kier molecular flexibility index (Phi) is 2.05. The summed E-state index contributed by atoms with van der Waals surface area (Å²) in [5, 5.41) is 10.6. The number of phenols is 1. The lowest BCUT2D eigenvalue weighted by Crippen LogP contribution is -2.27. The van der Waals surface area contributed by atoms with Crippen LogP contribution >= 0.6 is 0 Å². The number of fused-ring (bicyclic) bond motifs is 3. The standard InChI is InChI=1S/C14H12O4/c1-14(2)6-5-9-12-8(3-4-11(16)17-12)7-10(15)13(9)18-14/h3-7,15H,1-2H3. The zero-order valence-corrected chi connectivity index (χ0v) is 10.1. The molecule has 92 valence electrons. The largest absolute Gasteiger partial charge is 0.504 e. The quantitative estimate of drug-likeness (QED) is 0.724. The van der Waals surface area contributed by atoms with Crippen molar-refractivity contribution in [3.05, 3.63) is 40.3 Å². The van der Waals surface area contributed by atoms with Gasteiger partial charge in [0.15, 0.2) is 11.5 Å². The van der Waals surface area contributed by atoms with Crippen LogP contribution in [0.5, 0.6) is 11.5 Å². The van der Waals surface area contributed by atoms with Crippen LogP contribution in [0.1, 0.15) is 19.4 Å². The molecule has 2 heterocycles. The average Bonchev–Trinajstić information content (AvgIpc) is 2.29. The molecule has 0 saturated heterocycles. The average molecular weight is 244 g/mol. The molecule has 3 rings (SSSR count). The molecular weight excluding hydrogens is 232 g/mol. The second-order valence-electron chi connectivity index (χ2n) is 4.85. The zero-order valence-electron chi connectivity index (χ0n) is 10.1. The third kappa shape index (κ3) is 1.57. The Labute approximate surface area is 103 Å². The minimum atomic E-state index is -0.493. The minimum Gasteiger partial charge on any atom is -0.504 e. The number of phenolic OH excluding ortho intramolecular Hbond substituents is 1. The van der Waals surface area contributed by atoms with E-state index >= 15 is 0 Å². The first kappa shape index (κ1) is 10.9. The Morgan fingerprint density at radius 2 is 2.06 bits per heavy atom.